The number of aliphatic carboxylic acids is 1. The van der Waals surface area contributed by atoms with Crippen LogP contribution in [-0.4, -0.2) is 42.6 Å². The molecule has 1 aromatic rings. The summed E-state index contributed by atoms with van der Waals surface area (Å²) in [6.45, 7) is 0.628. The minimum atomic E-state index is -0.801. The van der Waals surface area contributed by atoms with Gasteiger partial charge in [0.2, 0.25) is 5.91 Å². The number of ether oxygens (including phenoxy) is 1. The first-order valence-electron chi connectivity index (χ1n) is 7.59. The van der Waals surface area contributed by atoms with E-state index in [9.17, 15) is 14.4 Å². The number of carboxylic acid groups (broad SMARTS) is 1. The second-order valence-corrected chi connectivity index (χ2v) is 5.35. The number of para-hydroxylation sites is 2. The van der Waals surface area contributed by atoms with Crippen LogP contribution in [0.4, 0.5) is 5.69 Å². The van der Waals surface area contributed by atoms with Crippen molar-refractivity contribution in [3.05, 3.63) is 24.3 Å². The van der Waals surface area contributed by atoms with Crippen LogP contribution in [0, 0.1) is 0 Å². The first-order chi connectivity index (χ1) is 11.1. The number of anilines is 1. The predicted molar refractivity (Wildman–Crippen MR) is 83.4 cm³/mol. The van der Waals surface area contributed by atoms with E-state index in [0.29, 0.717) is 18.7 Å². The number of carbonyl (C=O) groups is 3. The van der Waals surface area contributed by atoms with Crippen LogP contribution in [0.1, 0.15) is 25.7 Å². The molecule has 0 spiro atoms. The van der Waals surface area contributed by atoms with E-state index in [1.165, 1.54) is 0 Å². The van der Waals surface area contributed by atoms with Crippen LogP contribution in [0.2, 0.25) is 0 Å². The van der Waals surface area contributed by atoms with Crippen molar-refractivity contribution in [3.63, 3.8) is 0 Å². The maximum absolute atomic E-state index is 12.0. The monoisotopic (exact) mass is 320 g/mol. The second-order valence-electron chi connectivity index (χ2n) is 5.35. The second kappa shape index (κ2) is 8.17. The van der Waals surface area contributed by atoms with Crippen LogP contribution in [0.3, 0.4) is 0 Å². The number of hydrogen-bond acceptors (Lipinski definition) is 5. The van der Waals surface area contributed by atoms with E-state index >= 15 is 0 Å². The average molecular weight is 320 g/mol. The number of esters is 1. The van der Waals surface area contributed by atoms with Crippen molar-refractivity contribution >= 4 is 23.5 Å². The molecule has 7 heteroatoms. The van der Waals surface area contributed by atoms with E-state index < -0.39 is 5.97 Å². The van der Waals surface area contributed by atoms with Crippen LogP contribution in [0.15, 0.2) is 24.3 Å². The Morgan fingerprint density at radius 1 is 1.22 bits per heavy atom. The highest BCUT2D eigenvalue weighted by molar-refractivity contribution is 5.89. The third-order valence-corrected chi connectivity index (χ3v) is 3.47. The highest BCUT2D eigenvalue weighted by Gasteiger charge is 2.24. The molecule has 7 nitrogen and oxygen atoms in total. The Balaban J connectivity index is 1.75. The summed E-state index contributed by atoms with van der Waals surface area (Å²) < 4.78 is 5.13. The van der Waals surface area contributed by atoms with E-state index in [-0.39, 0.29) is 31.4 Å². The number of hydrogen-bond donors (Lipinski definition) is 2. The molecule has 0 bridgehead atoms. The summed E-state index contributed by atoms with van der Waals surface area (Å²) in [5.74, 6) is -0.896. The number of fused-ring (bicyclic) bond motifs is 1. The Kier molecular flexibility index (Phi) is 5.96. The molecule has 0 radical (unpaired) electrons. The van der Waals surface area contributed by atoms with Crippen LogP contribution >= 0.6 is 0 Å². The number of benzene rings is 1. The maximum atomic E-state index is 12.0. The van der Waals surface area contributed by atoms with Crippen molar-refractivity contribution in [2.75, 3.05) is 24.5 Å². The molecule has 23 heavy (non-hydrogen) atoms. The number of rotatable bonds is 8. The summed E-state index contributed by atoms with van der Waals surface area (Å²) in [7, 11) is 0. The molecule has 0 saturated carbocycles. The lowest BCUT2D eigenvalue weighted by molar-refractivity contribution is -0.137. The molecule has 1 heterocycles. The van der Waals surface area contributed by atoms with Crippen molar-refractivity contribution in [1.29, 1.82) is 0 Å². The van der Waals surface area contributed by atoms with Crippen molar-refractivity contribution in [2.24, 2.45) is 0 Å². The Labute approximate surface area is 134 Å². The fraction of sp³-hybridized carbons (Fsp3) is 0.438. The summed E-state index contributed by atoms with van der Waals surface area (Å²) >= 11 is 0. The SMILES string of the molecule is O=C(O)CCCCCNC(=O)CN1CC(=O)Oc2ccccc21. The Hall–Kier alpha value is -2.57. The molecule has 0 saturated heterocycles. The van der Waals surface area contributed by atoms with E-state index in [0.717, 1.165) is 18.5 Å². The van der Waals surface area contributed by atoms with Gasteiger partial charge in [0.1, 0.15) is 6.54 Å². The summed E-state index contributed by atoms with van der Waals surface area (Å²) in [6, 6.07) is 7.10. The molecule has 1 aliphatic heterocycles. The minimum Gasteiger partial charge on any atom is -0.481 e. The Bertz CT molecular complexity index is 588. The Morgan fingerprint density at radius 2 is 2.00 bits per heavy atom. The largest absolute Gasteiger partial charge is 0.481 e. The van der Waals surface area contributed by atoms with Crippen LogP contribution < -0.4 is 15.0 Å². The lowest BCUT2D eigenvalue weighted by Crippen LogP contribution is -2.43. The molecule has 124 valence electrons. The summed E-state index contributed by atoms with van der Waals surface area (Å²) in [5.41, 5.74) is 0.726. The highest BCUT2D eigenvalue weighted by Crippen LogP contribution is 2.30. The van der Waals surface area contributed by atoms with E-state index in [1.807, 2.05) is 6.07 Å². The van der Waals surface area contributed by atoms with Crippen LogP contribution in [0.25, 0.3) is 0 Å². The van der Waals surface area contributed by atoms with Gasteiger partial charge in [-0.05, 0) is 25.0 Å². The molecule has 0 unspecified atom stereocenters. The normalized spacial score (nSPS) is 13.2. The third kappa shape index (κ3) is 5.28. The smallest absolute Gasteiger partial charge is 0.331 e. The first-order valence-corrected chi connectivity index (χ1v) is 7.59. The zero-order valence-electron chi connectivity index (χ0n) is 12.8. The van der Waals surface area contributed by atoms with Gasteiger partial charge in [-0.1, -0.05) is 18.6 Å². The molecule has 2 N–H and O–H groups in total. The predicted octanol–water partition coefficient (Wildman–Crippen LogP) is 1.17. The van der Waals surface area contributed by atoms with Crippen LogP contribution in [0.5, 0.6) is 5.75 Å². The van der Waals surface area contributed by atoms with Gasteiger partial charge in [-0.3, -0.25) is 9.59 Å². The van der Waals surface area contributed by atoms with Gasteiger partial charge < -0.3 is 20.1 Å². The quantitative estimate of drug-likeness (QED) is 0.424. The molecule has 0 aromatic heterocycles. The molecule has 1 amide bonds. The van der Waals surface area contributed by atoms with Gasteiger partial charge in [0.05, 0.1) is 12.2 Å². The lowest BCUT2D eigenvalue weighted by Gasteiger charge is -2.29. The number of nitrogens with one attached hydrogen (secondary N) is 1. The number of unbranched alkanes of at least 4 members (excludes halogenated alkanes) is 2. The zero-order chi connectivity index (χ0) is 16.7. The van der Waals surface area contributed by atoms with Crippen molar-refractivity contribution in [1.82, 2.24) is 5.32 Å². The Morgan fingerprint density at radius 3 is 2.78 bits per heavy atom. The molecular formula is C16H20N2O5. The summed E-state index contributed by atoms with van der Waals surface area (Å²) in [4.78, 5) is 35.6. The molecular weight excluding hydrogens is 300 g/mol. The number of nitrogens with zero attached hydrogens (tertiary/aromatic N) is 1. The number of amides is 1. The molecule has 0 atom stereocenters. The average Bonchev–Trinajstić information content (AvgIpc) is 2.50. The molecule has 1 aliphatic rings. The van der Waals surface area contributed by atoms with Gasteiger partial charge in [0.15, 0.2) is 5.75 Å². The van der Waals surface area contributed by atoms with Crippen molar-refractivity contribution in [2.45, 2.75) is 25.7 Å². The first kappa shape index (κ1) is 16.8. The molecule has 1 aromatic carbocycles. The van der Waals surface area contributed by atoms with E-state index in [4.69, 9.17) is 9.84 Å². The van der Waals surface area contributed by atoms with Crippen LogP contribution in [-0.2, 0) is 14.4 Å². The lowest BCUT2D eigenvalue weighted by atomic mass is 10.2. The topological polar surface area (TPSA) is 95.9 Å². The standard InChI is InChI=1S/C16H20N2O5/c19-14(17-9-5-1-2-8-15(20)21)10-18-11-16(22)23-13-7-4-3-6-12(13)18/h3-4,6-7H,1-2,5,8-11H2,(H,17,19)(H,20,21). The molecule has 2 rings (SSSR count). The van der Waals surface area contributed by atoms with Gasteiger partial charge in [-0.25, -0.2) is 4.79 Å². The fourth-order valence-electron chi connectivity index (χ4n) is 2.38. The van der Waals surface area contributed by atoms with Gasteiger partial charge in [-0.15, -0.1) is 0 Å². The zero-order valence-corrected chi connectivity index (χ0v) is 12.8. The number of carboxylic acids is 1. The minimum absolute atomic E-state index is 0.0447. The number of carbonyl (C=O) groups excluding carboxylic acids is 2. The molecule has 0 fully saturated rings. The van der Waals surface area contributed by atoms with Crippen molar-refractivity contribution in [3.8, 4) is 5.75 Å². The highest BCUT2D eigenvalue weighted by atomic mass is 16.5. The van der Waals surface area contributed by atoms with Gasteiger partial charge in [0, 0.05) is 13.0 Å². The molecule has 0 aliphatic carbocycles. The van der Waals surface area contributed by atoms with Gasteiger partial charge in [-0.2, -0.15) is 0 Å². The summed E-state index contributed by atoms with van der Waals surface area (Å²) in [5, 5.41) is 11.3. The third-order valence-electron chi connectivity index (χ3n) is 3.47. The fourth-order valence-corrected chi connectivity index (χ4v) is 2.38. The van der Waals surface area contributed by atoms with E-state index in [2.05, 4.69) is 5.32 Å². The maximum Gasteiger partial charge on any atom is 0.331 e. The van der Waals surface area contributed by atoms with Gasteiger partial charge >= 0.3 is 11.9 Å². The van der Waals surface area contributed by atoms with Crippen molar-refractivity contribution < 1.29 is 24.2 Å². The van der Waals surface area contributed by atoms with Gasteiger partial charge in [0.25, 0.3) is 0 Å². The summed E-state index contributed by atoms with van der Waals surface area (Å²) in [6.07, 6.45) is 2.25. The van der Waals surface area contributed by atoms with E-state index in [1.54, 1.807) is 23.1 Å².